The molecule has 0 amide bonds. The third-order valence-electron chi connectivity index (χ3n) is 2.56. The van der Waals surface area contributed by atoms with Gasteiger partial charge in [-0.1, -0.05) is 33.6 Å². The molecule has 0 N–H and O–H groups in total. The Morgan fingerprint density at radius 1 is 1.35 bits per heavy atom. The Hall–Kier alpha value is -1.06. The summed E-state index contributed by atoms with van der Waals surface area (Å²) < 4.78 is 2.61. The normalized spacial score (nSPS) is 10.5. The molecule has 2 aromatic rings. The first-order valence-electron chi connectivity index (χ1n) is 5.18. The second kappa shape index (κ2) is 5.07. The van der Waals surface area contributed by atoms with E-state index >= 15 is 0 Å². The molecule has 1 aromatic carbocycles. The molecule has 0 fully saturated rings. The van der Waals surface area contributed by atoms with Gasteiger partial charge in [0.15, 0.2) is 0 Å². The Labute approximate surface area is 113 Å². The van der Waals surface area contributed by atoms with Crippen molar-refractivity contribution >= 4 is 27.5 Å². The highest BCUT2D eigenvalue weighted by atomic mass is 79.9. The first-order valence-corrected chi connectivity index (χ1v) is 6.35. The van der Waals surface area contributed by atoms with Crippen molar-refractivity contribution in [3.63, 3.8) is 0 Å². The lowest BCUT2D eigenvalue weighted by atomic mass is 10.2. The van der Waals surface area contributed by atoms with Gasteiger partial charge in [-0.3, -0.25) is 4.79 Å². The zero-order valence-electron chi connectivity index (χ0n) is 9.28. The molecule has 0 aliphatic rings. The Morgan fingerprint density at radius 2 is 2.12 bits per heavy atom. The number of aryl methyl sites for hydroxylation is 1. The van der Waals surface area contributed by atoms with Crippen LogP contribution in [0.25, 0.3) is 0 Å². The third kappa shape index (κ3) is 2.79. The van der Waals surface area contributed by atoms with E-state index in [4.69, 9.17) is 11.6 Å². The van der Waals surface area contributed by atoms with Crippen LogP contribution in [0.5, 0.6) is 0 Å². The zero-order valence-corrected chi connectivity index (χ0v) is 11.6. The average Bonchev–Trinajstić information content (AvgIpc) is 2.30. The second-order valence-electron chi connectivity index (χ2n) is 3.86. The predicted molar refractivity (Wildman–Crippen MR) is 73.7 cm³/mol. The first kappa shape index (κ1) is 12.4. The molecule has 0 saturated heterocycles. The van der Waals surface area contributed by atoms with Gasteiger partial charge >= 0.3 is 0 Å². The molecule has 4 heteroatoms. The summed E-state index contributed by atoms with van der Waals surface area (Å²) in [4.78, 5) is 11.9. The largest absolute Gasteiger partial charge is 0.311 e. The lowest BCUT2D eigenvalue weighted by Crippen LogP contribution is -2.21. The van der Waals surface area contributed by atoms with Gasteiger partial charge < -0.3 is 4.57 Å². The van der Waals surface area contributed by atoms with Crippen molar-refractivity contribution in [1.29, 1.82) is 0 Å². The molecule has 0 atom stereocenters. The van der Waals surface area contributed by atoms with E-state index in [0.29, 0.717) is 11.6 Å². The minimum atomic E-state index is 0.0172. The number of benzene rings is 1. The number of halogens is 2. The van der Waals surface area contributed by atoms with Gasteiger partial charge in [0.2, 0.25) is 0 Å². The molecule has 1 heterocycles. The van der Waals surface area contributed by atoms with E-state index in [9.17, 15) is 4.79 Å². The van der Waals surface area contributed by atoms with E-state index in [-0.39, 0.29) is 5.56 Å². The number of hydrogen-bond acceptors (Lipinski definition) is 1. The standard InChI is InChI=1S/C13H11BrClNO/c1-9-3-2-6-16(13(9)17)8-10-7-11(14)4-5-12(10)15/h2-7H,8H2,1H3. The molecule has 0 spiro atoms. The summed E-state index contributed by atoms with van der Waals surface area (Å²) in [5, 5.41) is 0.668. The summed E-state index contributed by atoms with van der Waals surface area (Å²) in [5.74, 6) is 0. The highest BCUT2D eigenvalue weighted by Gasteiger charge is 2.04. The van der Waals surface area contributed by atoms with Crippen molar-refractivity contribution in [3.05, 3.63) is 67.5 Å². The van der Waals surface area contributed by atoms with E-state index in [2.05, 4.69) is 15.9 Å². The van der Waals surface area contributed by atoms with Crippen molar-refractivity contribution in [2.45, 2.75) is 13.5 Å². The minimum absolute atomic E-state index is 0.0172. The molecule has 0 aliphatic carbocycles. The molecule has 88 valence electrons. The number of aromatic nitrogens is 1. The highest BCUT2D eigenvalue weighted by Crippen LogP contribution is 2.21. The van der Waals surface area contributed by atoms with Crippen molar-refractivity contribution < 1.29 is 0 Å². The van der Waals surface area contributed by atoms with Crippen LogP contribution >= 0.6 is 27.5 Å². The van der Waals surface area contributed by atoms with Crippen LogP contribution in [0.2, 0.25) is 5.02 Å². The topological polar surface area (TPSA) is 22.0 Å². The van der Waals surface area contributed by atoms with Crippen molar-refractivity contribution in [1.82, 2.24) is 4.57 Å². The first-order chi connectivity index (χ1) is 8.08. The Balaban J connectivity index is 2.41. The van der Waals surface area contributed by atoms with Gasteiger partial charge in [-0.25, -0.2) is 0 Å². The van der Waals surface area contributed by atoms with Crippen LogP contribution in [0.4, 0.5) is 0 Å². The van der Waals surface area contributed by atoms with Gasteiger partial charge in [0.25, 0.3) is 5.56 Å². The zero-order chi connectivity index (χ0) is 12.4. The third-order valence-corrected chi connectivity index (χ3v) is 3.42. The lowest BCUT2D eigenvalue weighted by molar-refractivity contribution is 0.752. The minimum Gasteiger partial charge on any atom is -0.311 e. The number of pyridine rings is 1. The SMILES string of the molecule is Cc1cccn(Cc2cc(Br)ccc2Cl)c1=O. The molecular formula is C13H11BrClNO. The van der Waals surface area contributed by atoms with Crippen molar-refractivity contribution in [3.8, 4) is 0 Å². The van der Waals surface area contributed by atoms with Crippen LogP contribution in [0, 0.1) is 6.92 Å². The fourth-order valence-corrected chi connectivity index (χ4v) is 2.22. The molecule has 0 bridgehead atoms. The maximum absolute atomic E-state index is 11.9. The second-order valence-corrected chi connectivity index (χ2v) is 5.18. The van der Waals surface area contributed by atoms with Crippen LogP contribution in [0.3, 0.4) is 0 Å². The molecule has 0 aliphatic heterocycles. The van der Waals surface area contributed by atoms with Gasteiger partial charge in [-0.15, -0.1) is 0 Å². The van der Waals surface area contributed by atoms with Gasteiger partial charge in [-0.05, 0) is 36.8 Å². The molecule has 0 unspecified atom stereocenters. The van der Waals surface area contributed by atoms with E-state index in [1.54, 1.807) is 23.8 Å². The molecule has 17 heavy (non-hydrogen) atoms. The quantitative estimate of drug-likeness (QED) is 0.830. The molecule has 0 radical (unpaired) electrons. The fraction of sp³-hybridized carbons (Fsp3) is 0.154. The predicted octanol–water partition coefficient (Wildman–Crippen LogP) is 3.62. The van der Waals surface area contributed by atoms with E-state index in [1.165, 1.54) is 0 Å². The van der Waals surface area contributed by atoms with Crippen LogP contribution in [-0.4, -0.2) is 4.57 Å². The molecule has 2 nitrogen and oxygen atoms in total. The fourth-order valence-electron chi connectivity index (χ4n) is 1.63. The summed E-state index contributed by atoms with van der Waals surface area (Å²) in [7, 11) is 0. The molecule has 2 rings (SSSR count). The Morgan fingerprint density at radius 3 is 2.88 bits per heavy atom. The van der Waals surface area contributed by atoms with Gasteiger partial charge in [0, 0.05) is 21.3 Å². The van der Waals surface area contributed by atoms with E-state index in [1.807, 2.05) is 24.3 Å². The van der Waals surface area contributed by atoms with Gasteiger partial charge in [-0.2, -0.15) is 0 Å². The van der Waals surface area contributed by atoms with Crippen LogP contribution in [0.1, 0.15) is 11.1 Å². The number of rotatable bonds is 2. The summed E-state index contributed by atoms with van der Waals surface area (Å²) in [6, 6.07) is 9.30. The van der Waals surface area contributed by atoms with Crippen molar-refractivity contribution in [2.24, 2.45) is 0 Å². The van der Waals surface area contributed by atoms with Gasteiger partial charge in [0.05, 0.1) is 6.54 Å². The lowest BCUT2D eigenvalue weighted by Gasteiger charge is -2.08. The Kier molecular flexibility index (Phi) is 3.69. The average molecular weight is 313 g/mol. The van der Waals surface area contributed by atoms with Crippen LogP contribution in [0.15, 0.2) is 45.8 Å². The summed E-state index contributed by atoms with van der Waals surface area (Å²) in [6.45, 7) is 2.29. The number of nitrogens with zero attached hydrogens (tertiary/aromatic N) is 1. The van der Waals surface area contributed by atoms with Crippen LogP contribution < -0.4 is 5.56 Å². The monoisotopic (exact) mass is 311 g/mol. The highest BCUT2D eigenvalue weighted by molar-refractivity contribution is 9.10. The van der Waals surface area contributed by atoms with E-state index < -0.39 is 0 Å². The van der Waals surface area contributed by atoms with Crippen molar-refractivity contribution in [2.75, 3.05) is 0 Å². The van der Waals surface area contributed by atoms with Gasteiger partial charge in [0.1, 0.15) is 0 Å². The summed E-state index contributed by atoms with van der Waals surface area (Å²) in [6.07, 6.45) is 1.77. The Bertz CT molecular complexity index is 607. The molecule has 1 aromatic heterocycles. The van der Waals surface area contributed by atoms with Crippen LogP contribution in [-0.2, 0) is 6.54 Å². The number of hydrogen-bond donors (Lipinski definition) is 0. The maximum Gasteiger partial charge on any atom is 0.253 e. The molecule has 0 saturated carbocycles. The smallest absolute Gasteiger partial charge is 0.253 e. The summed E-state index contributed by atoms with van der Waals surface area (Å²) in [5.41, 5.74) is 1.68. The van der Waals surface area contributed by atoms with E-state index in [0.717, 1.165) is 15.6 Å². The maximum atomic E-state index is 11.9. The summed E-state index contributed by atoms with van der Waals surface area (Å²) >= 11 is 9.50. The molecular weight excluding hydrogens is 302 g/mol.